The van der Waals surface area contributed by atoms with Crippen LogP contribution in [-0.4, -0.2) is 36.1 Å². The molecule has 0 aromatic heterocycles. The van der Waals surface area contributed by atoms with Gasteiger partial charge in [-0.3, -0.25) is 9.59 Å². The van der Waals surface area contributed by atoms with Crippen molar-refractivity contribution in [2.24, 2.45) is 0 Å². The summed E-state index contributed by atoms with van der Waals surface area (Å²) in [6.45, 7) is 0.656. The molecule has 1 N–H and O–H groups in total. The zero-order chi connectivity index (χ0) is 19.0. The monoisotopic (exact) mass is 406 g/mol. The van der Waals surface area contributed by atoms with E-state index < -0.39 is 6.04 Å². The largest absolute Gasteiger partial charge is 0.454 e. The number of hydrogen-bond donors (Lipinski definition) is 1. The van der Waals surface area contributed by atoms with Crippen LogP contribution in [0.2, 0.25) is 10.0 Å². The first-order valence-electron chi connectivity index (χ1n) is 8.49. The van der Waals surface area contributed by atoms with Gasteiger partial charge in [0.2, 0.25) is 12.7 Å². The summed E-state index contributed by atoms with van der Waals surface area (Å²) in [5, 5.41) is 3.62. The lowest BCUT2D eigenvalue weighted by Crippen LogP contribution is -2.43. The van der Waals surface area contributed by atoms with E-state index in [1.165, 1.54) is 0 Å². The summed E-state index contributed by atoms with van der Waals surface area (Å²) in [4.78, 5) is 27.3. The minimum absolute atomic E-state index is 0.142. The molecule has 27 heavy (non-hydrogen) atoms. The molecule has 0 bridgehead atoms. The van der Waals surface area contributed by atoms with Crippen LogP contribution in [-0.2, 0) is 4.79 Å². The van der Waals surface area contributed by atoms with Gasteiger partial charge in [0.15, 0.2) is 11.5 Å². The molecule has 2 aliphatic heterocycles. The highest BCUT2D eigenvalue weighted by Gasteiger charge is 2.35. The second kappa shape index (κ2) is 7.29. The minimum atomic E-state index is -0.560. The zero-order valence-corrected chi connectivity index (χ0v) is 15.7. The SMILES string of the molecule is O=C(Nc1ccc(Cl)cc1Cl)[C@H]1CCCN1C(=O)c1ccc2c(c1)OCO2. The quantitative estimate of drug-likeness (QED) is 0.837. The highest BCUT2D eigenvalue weighted by Crippen LogP contribution is 2.34. The molecule has 0 saturated carbocycles. The van der Waals surface area contributed by atoms with Crippen molar-refractivity contribution in [1.82, 2.24) is 4.90 Å². The molecule has 1 fully saturated rings. The molecule has 6 nitrogen and oxygen atoms in total. The fraction of sp³-hybridized carbons (Fsp3) is 0.263. The number of fused-ring (bicyclic) bond motifs is 1. The van der Waals surface area contributed by atoms with Crippen LogP contribution in [0.3, 0.4) is 0 Å². The van der Waals surface area contributed by atoms with Crippen molar-refractivity contribution in [1.29, 1.82) is 0 Å². The number of anilines is 1. The molecule has 2 aromatic rings. The number of ether oxygens (including phenoxy) is 2. The Morgan fingerprint density at radius 1 is 1.07 bits per heavy atom. The highest BCUT2D eigenvalue weighted by atomic mass is 35.5. The second-order valence-corrected chi connectivity index (χ2v) is 7.18. The molecule has 2 aliphatic rings. The van der Waals surface area contributed by atoms with Gasteiger partial charge < -0.3 is 19.7 Å². The van der Waals surface area contributed by atoms with E-state index in [-0.39, 0.29) is 18.6 Å². The molecule has 8 heteroatoms. The van der Waals surface area contributed by atoms with Gasteiger partial charge in [-0.25, -0.2) is 0 Å². The van der Waals surface area contributed by atoms with Gasteiger partial charge in [-0.05, 0) is 49.2 Å². The van der Waals surface area contributed by atoms with Crippen LogP contribution in [0, 0.1) is 0 Å². The molecular weight excluding hydrogens is 391 g/mol. The summed E-state index contributed by atoms with van der Waals surface area (Å²) in [6, 6.07) is 9.31. The molecule has 140 valence electrons. The molecule has 0 spiro atoms. The maximum Gasteiger partial charge on any atom is 0.254 e. The van der Waals surface area contributed by atoms with Crippen molar-refractivity contribution in [2.75, 3.05) is 18.7 Å². The van der Waals surface area contributed by atoms with Gasteiger partial charge in [0.25, 0.3) is 5.91 Å². The number of carbonyl (C=O) groups is 2. The third-order valence-corrected chi connectivity index (χ3v) is 5.17. The van der Waals surface area contributed by atoms with Crippen molar-refractivity contribution in [2.45, 2.75) is 18.9 Å². The van der Waals surface area contributed by atoms with E-state index in [0.717, 1.165) is 6.42 Å². The first kappa shape index (κ1) is 17.9. The summed E-state index contributed by atoms with van der Waals surface area (Å²) in [7, 11) is 0. The van der Waals surface area contributed by atoms with E-state index >= 15 is 0 Å². The van der Waals surface area contributed by atoms with Crippen LogP contribution in [0.25, 0.3) is 0 Å². The zero-order valence-electron chi connectivity index (χ0n) is 14.2. The van der Waals surface area contributed by atoms with E-state index in [0.29, 0.717) is 45.8 Å². The maximum atomic E-state index is 12.9. The molecule has 0 radical (unpaired) electrons. The van der Waals surface area contributed by atoms with E-state index in [2.05, 4.69) is 5.32 Å². The number of nitrogens with one attached hydrogen (secondary N) is 1. The van der Waals surface area contributed by atoms with E-state index in [9.17, 15) is 9.59 Å². The Balaban J connectivity index is 1.51. The molecule has 2 aromatic carbocycles. The van der Waals surface area contributed by atoms with Gasteiger partial charge in [0, 0.05) is 17.1 Å². The normalized spacial score (nSPS) is 17.9. The maximum absolute atomic E-state index is 12.9. The number of nitrogens with zero attached hydrogens (tertiary/aromatic N) is 1. The number of halogens is 2. The topological polar surface area (TPSA) is 67.9 Å². The summed E-state index contributed by atoms with van der Waals surface area (Å²) >= 11 is 12.0. The van der Waals surface area contributed by atoms with Crippen molar-refractivity contribution in [3.05, 3.63) is 52.0 Å². The Labute approximate surface area is 165 Å². The number of carbonyl (C=O) groups excluding carboxylic acids is 2. The summed E-state index contributed by atoms with van der Waals surface area (Å²) < 4.78 is 10.6. The van der Waals surface area contributed by atoms with E-state index in [4.69, 9.17) is 32.7 Å². The molecule has 0 unspecified atom stereocenters. The van der Waals surface area contributed by atoms with Crippen LogP contribution in [0.4, 0.5) is 5.69 Å². The molecule has 1 saturated heterocycles. The van der Waals surface area contributed by atoms with Gasteiger partial charge in [0.1, 0.15) is 6.04 Å². The highest BCUT2D eigenvalue weighted by molar-refractivity contribution is 6.36. The predicted molar refractivity (Wildman–Crippen MR) is 102 cm³/mol. The standard InChI is InChI=1S/C19H16Cl2N2O4/c20-12-4-5-14(13(21)9-12)22-18(24)15-2-1-7-23(15)19(25)11-3-6-16-17(8-11)27-10-26-16/h3-6,8-9,15H,1-2,7,10H2,(H,22,24)/t15-/m1/s1. The first-order chi connectivity index (χ1) is 13.0. The lowest BCUT2D eigenvalue weighted by Gasteiger charge is -2.24. The lowest BCUT2D eigenvalue weighted by atomic mass is 10.1. The number of amides is 2. The Morgan fingerprint density at radius 2 is 1.89 bits per heavy atom. The van der Waals surface area contributed by atoms with Crippen LogP contribution >= 0.6 is 23.2 Å². The van der Waals surface area contributed by atoms with Gasteiger partial charge in [-0.1, -0.05) is 23.2 Å². The minimum Gasteiger partial charge on any atom is -0.454 e. The van der Waals surface area contributed by atoms with Gasteiger partial charge in [-0.15, -0.1) is 0 Å². The Hall–Kier alpha value is -2.44. The van der Waals surface area contributed by atoms with Gasteiger partial charge in [-0.2, -0.15) is 0 Å². The fourth-order valence-corrected chi connectivity index (χ4v) is 3.74. The fourth-order valence-electron chi connectivity index (χ4n) is 3.28. The van der Waals surface area contributed by atoms with Crippen molar-refractivity contribution in [3.8, 4) is 11.5 Å². The van der Waals surface area contributed by atoms with Gasteiger partial charge in [0.05, 0.1) is 10.7 Å². The van der Waals surface area contributed by atoms with Gasteiger partial charge >= 0.3 is 0 Å². The molecule has 1 atom stereocenters. The van der Waals surface area contributed by atoms with Crippen LogP contribution in [0.5, 0.6) is 11.5 Å². The van der Waals surface area contributed by atoms with Crippen LogP contribution in [0.15, 0.2) is 36.4 Å². The molecular formula is C19H16Cl2N2O4. The lowest BCUT2D eigenvalue weighted by molar-refractivity contribution is -0.119. The number of likely N-dealkylation sites (tertiary alicyclic amines) is 1. The van der Waals surface area contributed by atoms with Crippen molar-refractivity contribution in [3.63, 3.8) is 0 Å². The summed E-state index contributed by atoms with van der Waals surface area (Å²) in [5.74, 6) is 0.660. The number of rotatable bonds is 3. The third kappa shape index (κ3) is 3.55. The first-order valence-corrected chi connectivity index (χ1v) is 9.25. The summed E-state index contributed by atoms with van der Waals surface area (Å²) in [6.07, 6.45) is 1.34. The Bertz CT molecular complexity index is 919. The Morgan fingerprint density at radius 3 is 2.70 bits per heavy atom. The van der Waals surface area contributed by atoms with Crippen molar-refractivity contribution < 1.29 is 19.1 Å². The average Bonchev–Trinajstić information content (AvgIpc) is 3.31. The summed E-state index contributed by atoms with van der Waals surface area (Å²) in [5.41, 5.74) is 0.928. The molecule has 0 aliphatic carbocycles. The molecule has 2 amide bonds. The number of hydrogen-bond acceptors (Lipinski definition) is 4. The van der Waals surface area contributed by atoms with E-state index in [1.807, 2.05) is 0 Å². The smallest absolute Gasteiger partial charge is 0.254 e. The second-order valence-electron chi connectivity index (χ2n) is 6.34. The third-order valence-electron chi connectivity index (χ3n) is 4.62. The van der Waals surface area contributed by atoms with Crippen LogP contribution in [0.1, 0.15) is 23.2 Å². The average molecular weight is 407 g/mol. The van der Waals surface area contributed by atoms with Crippen molar-refractivity contribution >= 4 is 40.7 Å². The van der Waals surface area contributed by atoms with Crippen LogP contribution < -0.4 is 14.8 Å². The predicted octanol–water partition coefficient (Wildman–Crippen LogP) is 3.97. The Kier molecular flexibility index (Phi) is 4.85. The number of benzene rings is 2. The molecule has 2 heterocycles. The van der Waals surface area contributed by atoms with E-state index in [1.54, 1.807) is 41.3 Å². The molecule has 4 rings (SSSR count).